The molecule has 1 aromatic carbocycles. The van der Waals surface area contributed by atoms with Crippen molar-refractivity contribution >= 4 is 5.91 Å². The fraction of sp³-hybridized carbons (Fsp3) is 0.588. The van der Waals surface area contributed by atoms with Crippen LogP contribution in [0.4, 0.5) is 0 Å². The molecule has 0 aliphatic rings. The molecule has 0 saturated carbocycles. The molecule has 3 heteroatoms. The maximum Gasteiger partial charge on any atom is 0.245 e. The van der Waals surface area contributed by atoms with Crippen molar-refractivity contribution in [3.63, 3.8) is 0 Å². The molecule has 1 aromatic rings. The quantitative estimate of drug-likeness (QED) is 0.642. The Morgan fingerprint density at radius 3 is 2.55 bits per heavy atom. The molecule has 0 aliphatic heterocycles. The molecule has 0 heterocycles. The molecule has 0 radical (unpaired) electrons. The van der Waals surface area contributed by atoms with E-state index in [4.69, 9.17) is 4.84 Å². The standard InChI is InChI=1S/C17H27NO2/c1-4-15(13-14-17(19)18(2)20-3)11-8-12-16-9-6-5-7-10-16/h5-7,9-10,15H,4,8,11-14H2,1-3H3/t15-/m0/s1. The van der Waals surface area contributed by atoms with E-state index in [1.54, 1.807) is 7.05 Å². The summed E-state index contributed by atoms with van der Waals surface area (Å²) >= 11 is 0. The predicted octanol–water partition coefficient (Wildman–Crippen LogP) is 3.84. The van der Waals surface area contributed by atoms with Gasteiger partial charge in [0, 0.05) is 13.5 Å². The van der Waals surface area contributed by atoms with Crippen LogP contribution in [-0.4, -0.2) is 25.1 Å². The van der Waals surface area contributed by atoms with Crippen LogP contribution in [0.2, 0.25) is 0 Å². The number of rotatable bonds is 9. The third-order valence-electron chi connectivity index (χ3n) is 3.89. The second kappa shape index (κ2) is 9.54. The zero-order chi connectivity index (χ0) is 14.8. The maximum absolute atomic E-state index is 11.7. The first-order valence-electron chi connectivity index (χ1n) is 7.52. The van der Waals surface area contributed by atoms with Crippen molar-refractivity contribution in [2.75, 3.05) is 14.2 Å². The summed E-state index contributed by atoms with van der Waals surface area (Å²) in [5.41, 5.74) is 1.40. The van der Waals surface area contributed by atoms with Crippen LogP contribution in [0.3, 0.4) is 0 Å². The van der Waals surface area contributed by atoms with Crippen LogP contribution in [0, 0.1) is 5.92 Å². The average molecular weight is 277 g/mol. The van der Waals surface area contributed by atoms with Crippen molar-refractivity contribution in [3.8, 4) is 0 Å². The molecular weight excluding hydrogens is 250 g/mol. The molecule has 0 aliphatic carbocycles. The van der Waals surface area contributed by atoms with E-state index in [1.807, 2.05) is 0 Å². The van der Waals surface area contributed by atoms with Crippen molar-refractivity contribution in [1.29, 1.82) is 0 Å². The summed E-state index contributed by atoms with van der Waals surface area (Å²) in [5.74, 6) is 0.696. The van der Waals surface area contributed by atoms with Gasteiger partial charge in [0.2, 0.25) is 5.91 Å². The molecule has 112 valence electrons. The number of carbonyl (C=O) groups excluding carboxylic acids is 1. The van der Waals surface area contributed by atoms with Crippen molar-refractivity contribution in [3.05, 3.63) is 35.9 Å². The number of amides is 1. The zero-order valence-corrected chi connectivity index (χ0v) is 13.0. The molecule has 0 unspecified atom stereocenters. The number of carbonyl (C=O) groups is 1. The van der Waals surface area contributed by atoms with Gasteiger partial charge in [-0.15, -0.1) is 0 Å². The fourth-order valence-electron chi connectivity index (χ4n) is 2.38. The van der Waals surface area contributed by atoms with Gasteiger partial charge in [-0.3, -0.25) is 9.63 Å². The van der Waals surface area contributed by atoms with E-state index >= 15 is 0 Å². The summed E-state index contributed by atoms with van der Waals surface area (Å²) in [6.07, 6.45) is 6.18. The summed E-state index contributed by atoms with van der Waals surface area (Å²) in [5, 5.41) is 1.32. The van der Waals surface area contributed by atoms with Crippen molar-refractivity contribution in [2.45, 2.75) is 45.4 Å². The normalized spacial score (nSPS) is 12.2. The van der Waals surface area contributed by atoms with Crippen molar-refractivity contribution in [1.82, 2.24) is 5.06 Å². The lowest BCUT2D eigenvalue weighted by Gasteiger charge is -2.17. The topological polar surface area (TPSA) is 29.5 Å². The van der Waals surface area contributed by atoms with Crippen LogP contribution in [0.5, 0.6) is 0 Å². The Hall–Kier alpha value is -1.35. The highest BCUT2D eigenvalue weighted by Crippen LogP contribution is 2.19. The highest BCUT2D eigenvalue weighted by Gasteiger charge is 2.12. The Labute approximate surface area is 122 Å². The zero-order valence-electron chi connectivity index (χ0n) is 13.0. The molecule has 0 aromatic heterocycles. The van der Waals surface area contributed by atoms with Gasteiger partial charge in [-0.25, -0.2) is 5.06 Å². The van der Waals surface area contributed by atoms with Gasteiger partial charge in [0.1, 0.15) is 0 Å². The van der Waals surface area contributed by atoms with E-state index < -0.39 is 0 Å². The first kappa shape index (κ1) is 16.7. The number of hydrogen-bond acceptors (Lipinski definition) is 2. The molecule has 3 nitrogen and oxygen atoms in total. The van der Waals surface area contributed by atoms with E-state index in [9.17, 15) is 4.79 Å². The van der Waals surface area contributed by atoms with Gasteiger partial charge in [0.25, 0.3) is 0 Å². The van der Waals surface area contributed by atoms with E-state index in [2.05, 4.69) is 37.3 Å². The largest absolute Gasteiger partial charge is 0.275 e. The van der Waals surface area contributed by atoms with Gasteiger partial charge in [-0.2, -0.15) is 0 Å². The summed E-state index contributed by atoms with van der Waals surface area (Å²) < 4.78 is 0. The maximum atomic E-state index is 11.7. The minimum Gasteiger partial charge on any atom is -0.275 e. The van der Waals surface area contributed by atoms with Crippen molar-refractivity contribution < 1.29 is 9.63 Å². The lowest BCUT2D eigenvalue weighted by atomic mass is 9.93. The van der Waals surface area contributed by atoms with E-state index in [-0.39, 0.29) is 5.91 Å². The number of hydroxylamine groups is 2. The van der Waals surface area contributed by atoms with Crippen LogP contribution in [0.1, 0.15) is 44.6 Å². The Bertz CT molecular complexity index is 378. The van der Waals surface area contributed by atoms with Gasteiger partial charge in [0.05, 0.1) is 7.11 Å². The third-order valence-corrected chi connectivity index (χ3v) is 3.89. The van der Waals surface area contributed by atoms with Crippen LogP contribution in [-0.2, 0) is 16.1 Å². The lowest BCUT2D eigenvalue weighted by molar-refractivity contribution is -0.168. The fourth-order valence-corrected chi connectivity index (χ4v) is 2.38. The van der Waals surface area contributed by atoms with E-state index in [1.165, 1.54) is 30.6 Å². The Balaban J connectivity index is 2.24. The molecule has 1 amide bonds. The molecule has 0 bridgehead atoms. The molecule has 1 atom stereocenters. The van der Waals surface area contributed by atoms with Crippen molar-refractivity contribution in [2.24, 2.45) is 5.92 Å². The first-order chi connectivity index (χ1) is 9.67. The predicted molar refractivity (Wildman–Crippen MR) is 82.2 cm³/mol. The third kappa shape index (κ3) is 6.20. The van der Waals surface area contributed by atoms with Gasteiger partial charge in [-0.1, -0.05) is 50.1 Å². The van der Waals surface area contributed by atoms with Crippen LogP contribution in [0.15, 0.2) is 30.3 Å². The number of benzene rings is 1. The molecule has 0 N–H and O–H groups in total. The van der Waals surface area contributed by atoms with Gasteiger partial charge < -0.3 is 0 Å². The summed E-state index contributed by atoms with van der Waals surface area (Å²) in [7, 11) is 3.19. The summed E-state index contributed by atoms with van der Waals surface area (Å²) in [4.78, 5) is 16.6. The highest BCUT2D eigenvalue weighted by atomic mass is 16.7. The SMILES string of the molecule is CC[C@@H](CCCc1ccccc1)CCC(=O)N(C)OC. The monoisotopic (exact) mass is 277 g/mol. The molecule has 20 heavy (non-hydrogen) atoms. The average Bonchev–Trinajstić information content (AvgIpc) is 2.50. The molecule has 0 spiro atoms. The Kier molecular flexibility index (Phi) is 7.97. The van der Waals surface area contributed by atoms with Gasteiger partial charge >= 0.3 is 0 Å². The molecule has 0 fully saturated rings. The highest BCUT2D eigenvalue weighted by molar-refractivity contribution is 5.74. The van der Waals surface area contributed by atoms with E-state index in [0.29, 0.717) is 12.3 Å². The second-order valence-corrected chi connectivity index (χ2v) is 5.26. The molecule has 0 saturated heterocycles. The van der Waals surface area contributed by atoms with Crippen LogP contribution < -0.4 is 0 Å². The molecule has 1 rings (SSSR count). The smallest absolute Gasteiger partial charge is 0.245 e. The first-order valence-corrected chi connectivity index (χ1v) is 7.52. The van der Waals surface area contributed by atoms with Crippen LogP contribution in [0.25, 0.3) is 0 Å². The number of nitrogens with zero attached hydrogens (tertiary/aromatic N) is 1. The summed E-state index contributed by atoms with van der Waals surface area (Å²) in [6, 6.07) is 10.6. The summed E-state index contributed by atoms with van der Waals surface area (Å²) in [6.45, 7) is 2.21. The van der Waals surface area contributed by atoms with Gasteiger partial charge in [0.15, 0.2) is 0 Å². The number of hydrogen-bond donors (Lipinski definition) is 0. The Morgan fingerprint density at radius 2 is 1.95 bits per heavy atom. The Morgan fingerprint density at radius 1 is 1.25 bits per heavy atom. The van der Waals surface area contributed by atoms with Crippen LogP contribution >= 0.6 is 0 Å². The van der Waals surface area contributed by atoms with E-state index in [0.717, 1.165) is 19.3 Å². The second-order valence-electron chi connectivity index (χ2n) is 5.26. The number of aryl methyl sites for hydroxylation is 1. The minimum atomic E-state index is 0.0639. The lowest BCUT2D eigenvalue weighted by Crippen LogP contribution is -2.25. The minimum absolute atomic E-state index is 0.0639. The molecular formula is C17H27NO2. The van der Waals surface area contributed by atoms with Gasteiger partial charge in [-0.05, 0) is 30.7 Å².